The Labute approximate surface area is 178 Å². The highest BCUT2D eigenvalue weighted by Gasteiger charge is 2.29. The zero-order valence-electron chi connectivity index (χ0n) is 16.3. The second kappa shape index (κ2) is 8.62. The lowest BCUT2D eigenvalue weighted by atomic mass is 10.3. The van der Waals surface area contributed by atoms with E-state index in [-0.39, 0.29) is 23.7 Å². The largest absolute Gasteiger partial charge is 0.352 e. The van der Waals surface area contributed by atoms with Gasteiger partial charge in [-0.05, 0) is 36.4 Å². The van der Waals surface area contributed by atoms with Crippen LogP contribution < -0.4 is 10.2 Å². The minimum atomic E-state index is -3.72. The van der Waals surface area contributed by atoms with Gasteiger partial charge in [0.15, 0.2) is 11.6 Å². The van der Waals surface area contributed by atoms with Crippen LogP contribution in [0.3, 0.4) is 0 Å². The average molecular weight is 441 g/mol. The molecule has 0 aliphatic carbocycles. The monoisotopic (exact) mass is 441 g/mol. The molecule has 11 nitrogen and oxygen atoms in total. The van der Waals surface area contributed by atoms with Crippen LogP contribution in [0, 0.1) is 10.1 Å². The third-order valence-corrected chi connectivity index (χ3v) is 6.75. The normalized spacial score (nSPS) is 14.9. The summed E-state index contributed by atoms with van der Waals surface area (Å²) in [5.41, 5.74) is 0.651. The van der Waals surface area contributed by atoms with Crippen LogP contribution in [0.25, 0.3) is 0 Å². The summed E-state index contributed by atoms with van der Waals surface area (Å²) in [5, 5.41) is 22.3. The molecule has 0 radical (unpaired) electrons. The molecule has 1 aromatic carbocycles. The van der Waals surface area contributed by atoms with E-state index in [4.69, 9.17) is 0 Å². The molecule has 3 heterocycles. The number of nitrogens with one attached hydrogen (secondary N) is 1. The molecule has 1 fully saturated rings. The van der Waals surface area contributed by atoms with Crippen LogP contribution in [0.4, 0.5) is 23.0 Å². The van der Waals surface area contributed by atoms with Gasteiger partial charge in [-0.1, -0.05) is 0 Å². The predicted octanol–water partition coefficient (Wildman–Crippen LogP) is 2.03. The Morgan fingerprint density at radius 2 is 1.71 bits per heavy atom. The Balaban J connectivity index is 1.38. The van der Waals surface area contributed by atoms with E-state index in [1.807, 2.05) is 23.1 Å². The fourth-order valence-corrected chi connectivity index (χ4v) is 4.61. The van der Waals surface area contributed by atoms with E-state index in [9.17, 15) is 18.5 Å². The third-order valence-electron chi connectivity index (χ3n) is 4.83. The Hall–Kier alpha value is -3.64. The number of aromatic nitrogens is 3. The van der Waals surface area contributed by atoms with Gasteiger partial charge >= 0.3 is 0 Å². The Kier molecular flexibility index (Phi) is 5.73. The maximum atomic E-state index is 12.8. The maximum absolute atomic E-state index is 12.8. The first-order valence-corrected chi connectivity index (χ1v) is 10.9. The molecule has 160 valence electrons. The van der Waals surface area contributed by atoms with Gasteiger partial charge in [0.05, 0.1) is 21.7 Å². The summed E-state index contributed by atoms with van der Waals surface area (Å²) in [6.45, 7) is 1.46. The molecule has 0 atom stereocenters. The van der Waals surface area contributed by atoms with Crippen molar-refractivity contribution in [3.05, 3.63) is 71.0 Å². The molecule has 0 unspecified atom stereocenters. The molecule has 12 heteroatoms. The second-order valence-electron chi connectivity index (χ2n) is 6.79. The number of sulfonamides is 1. The lowest BCUT2D eigenvalue weighted by molar-refractivity contribution is -0.384. The van der Waals surface area contributed by atoms with Gasteiger partial charge < -0.3 is 10.2 Å². The van der Waals surface area contributed by atoms with E-state index < -0.39 is 14.9 Å². The molecule has 0 amide bonds. The minimum Gasteiger partial charge on any atom is -0.352 e. The Morgan fingerprint density at radius 1 is 0.968 bits per heavy atom. The predicted molar refractivity (Wildman–Crippen MR) is 114 cm³/mol. The number of nitrogens with zero attached hydrogens (tertiary/aromatic N) is 6. The van der Waals surface area contributed by atoms with Gasteiger partial charge in [-0.2, -0.15) is 4.31 Å². The summed E-state index contributed by atoms with van der Waals surface area (Å²) in [4.78, 5) is 16.2. The zero-order valence-corrected chi connectivity index (χ0v) is 17.1. The van der Waals surface area contributed by atoms with E-state index in [0.717, 1.165) is 5.69 Å². The molecular weight excluding hydrogens is 422 g/mol. The van der Waals surface area contributed by atoms with Gasteiger partial charge in [0.25, 0.3) is 5.69 Å². The van der Waals surface area contributed by atoms with Crippen molar-refractivity contribution >= 4 is 33.0 Å². The molecule has 1 aliphatic rings. The van der Waals surface area contributed by atoms with Crippen molar-refractivity contribution in [1.82, 2.24) is 19.5 Å². The minimum absolute atomic E-state index is 0.0390. The Bertz CT molecular complexity index is 1150. The number of hydrogen-bond donors (Lipinski definition) is 1. The molecule has 4 rings (SSSR count). The summed E-state index contributed by atoms with van der Waals surface area (Å²) in [5.74, 6) is 1.24. The number of piperazine rings is 1. The van der Waals surface area contributed by atoms with Crippen LogP contribution in [0.1, 0.15) is 0 Å². The number of pyridine rings is 1. The lowest BCUT2D eigenvalue weighted by Crippen LogP contribution is -2.48. The number of nitro groups is 1. The first-order valence-electron chi connectivity index (χ1n) is 9.44. The fraction of sp³-hybridized carbons (Fsp3) is 0.211. The van der Waals surface area contributed by atoms with Crippen LogP contribution in [-0.4, -0.2) is 59.0 Å². The number of rotatable bonds is 6. The molecule has 0 spiro atoms. The first kappa shape index (κ1) is 20.6. The van der Waals surface area contributed by atoms with Gasteiger partial charge in [0.2, 0.25) is 10.0 Å². The summed E-state index contributed by atoms with van der Waals surface area (Å²) < 4.78 is 27.0. The third kappa shape index (κ3) is 4.59. The molecule has 0 bridgehead atoms. The highest BCUT2D eigenvalue weighted by atomic mass is 32.2. The van der Waals surface area contributed by atoms with E-state index in [2.05, 4.69) is 20.5 Å². The van der Waals surface area contributed by atoms with Crippen LogP contribution in [0.5, 0.6) is 0 Å². The molecule has 1 saturated heterocycles. The van der Waals surface area contributed by atoms with Crippen molar-refractivity contribution in [3.63, 3.8) is 0 Å². The van der Waals surface area contributed by atoms with Gasteiger partial charge in [0, 0.05) is 44.5 Å². The van der Waals surface area contributed by atoms with Crippen molar-refractivity contribution in [2.45, 2.75) is 4.90 Å². The number of anilines is 3. The van der Waals surface area contributed by atoms with Gasteiger partial charge in [0.1, 0.15) is 0 Å². The highest BCUT2D eigenvalue weighted by Crippen LogP contribution is 2.22. The number of benzene rings is 1. The lowest BCUT2D eigenvalue weighted by Gasteiger charge is -2.34. The maximum Gasteiger partial charge on any atom is 0.269 e. The second-order valence-corrected chi connectivity index (χ2v) is 8.72. The van der Waals surface area contributed by atoms with Crippen molar-refractivity contribution < 1.29 is 13.3 Å². The molecule has 31 heavy (non-hydrogen) atoms. The molecule has 0 saturated carbocycles. The molecule has 1 N–H and O–H groups in total. The quantitative estimate of drug-likeness (QED) is 0.450. The zero-order chi connectivity index (χ0) is 21.8. The summed E-state index contributed by atoms with van der Waals surface area (Å²) in [6.07, 6.45) is 3.36. The van der Waals surface area contributed by atoms with Crippen molar-refractivity contribution in [2.24, 2.45) is 0 Å². The topological polar surface area (TPSA) is 134 Å². The highest BCUT2D eigenvalue weighted by molar-refractivity contribution is 7.89. The Morgan fingerprint density at radius 3 is 2.29 bits per heavy atom. The van der Waals surface area contributed by atoms with Crippen molar-refractivity contribution in [1.29, 1.82) is 0 Å². The van der Waals surface area contributed by atoms with E-state index in [1.54, 1.807) is 18.5 Å². The molecular formula is C19H19N7O4S. The molecule has 2 aromatic heterocycles. The van der Waals surface area contributed by atoms with Crippen LogP contribution >= 0.6 is 0 Å². The molecule has 1 aliphatic heterocycles. The van der Waals surface area contributed by atoms with E-state index in [1.165, 1.54) is 28.6 Å². The van der Waals surface area contributed by atoms with Gasteiger partial charge in [-0.3, -0.25) is 15.1 Å². The van der Waals surface area contributed by atoms with E-state index in [0.29, 0.717) is 24.7 Å². The average Bonchev–Trinajstić information content (AvgIpc) is 2.80. The van der Waals surface area contributed by atoms with Crippen LogP contribution in [0.15, 0.2) is 65.8 Å². The SMILES string of the molecule is O=[N+]([O-])c1ccc(S(=O)(=O)N2CCN(c3ccc(Nc4cccnc4)nn3)CC2)cc1. The smallest absolute Gasteiger partial charge is 0.269 e. The summed E-state index contributed by atoms with van der Waals surface area (Å²) in [7, 11) is -3.72. The summed E-state index contributed by atoms with van der Waals surface area (Å²) in [6, 6.07) is 12.2. The summed E-state index contributed by atoms with van der Waals surface area (Å²) >= 11 is 0. The van der Waals surface area contributed by atoms with E-state index >= 15 is 0 Å². The standard InChI is InChI=1S/C19H19N7O4S/c27-26(28)16-3-5-17(6-4-16)31(29,30)25-12-10-24(11-13-25)19-8-7-18(22-23-19)21-15-2-1-9-20-14-15/h1-9,14H,10-13H2,(H,21,22). The first-order chi connectivity index (χ1) is 14.9. The van der Waals surface area contributed by atoms with Crippen LogP contribution in [-0.2, 0) is 10.0 Å². The number of nitro benzene ring substituents is 1. The van der Waals surface area contributed by atoms with Crippen molar-refractivity contribution in [2.75, 3.05) is 36.4 Å². The van der Waals surface area contributed by atoms with Gasteiger partial charge in [-0.15, -0.1) is 10.2 Å². The molecule has 3 aromatic rings. The number of non-ortho nitro benzene ring substituents is 1. The van der Waals surface area contributed by atoms with Crippen molar-refractivity contribution in [3.8, 4) is 0 Å². The van der Waals surface area contributed by atoms with Crippen LogP contribution in [0.2, 0.25) is 0 Å². The number of hydrogen-bond acceptors (Lipinski definition) is 9. The van der Waals surface area contributed by atoms with Gasteiger partial charge in [-0.25, -0.2) is 8.42 Å². The fourth-order valence-electron chi connectivity index (χ4n) is 3.19.